The van der Waals surface area contributed by atoms with Gasteiger partial charge in [0.1, 0.15) is 5.75 Å². The second kappa shape index (κ2) is 3.27. The van der Waals surface area contributed by atoms with Crippen LogP contribution in [-0.4, -0.2) is 12.4 Å². The van der Waals surface area contributed by atoms with Crippen molar-refractivity contribution in [3.63, 3.8) is 0 Å². The Morgan fingerprint density at radius 2 is 2.45 bits per heavy atom. The van der Waals surface area contributed by atoms with Crippen LogP contribution in [0.1, 0.15) is 10.4 Å². The molecule has 0 fully saturated rings. The summed E-state index contributed by atoms with van der Waals surface area (Å²) in [7, 11) is 1.51. The summed E-state index contributed by atoms with van der Waals surface area (Å²) in [6, 6.07) is 8.24. The summed E-state index contributed by atoms with van der Waals surface area (Å²) in [4.78, 5) is 10.6. The van der Waals surface area contributed by atoms with Crippen LogP contribution >= 0.6 is 11.6 Å². The van der Waals surface area contributed by atoms with Crippen molar-refractivity contribution in [3.8, 4) is 5.75 Å². The third-order valence-electron chi connectivity index (χ3n) is 1.16. The van der Waals surface area contributed by atoms with E-state index in [1.807, 2.05) is 0 Å². The van der Waals surface area contributed by atoms with Crippen molar-refractivity contribution < 1.29 is 9.53 Å². The molecule has 0 aromatic heterocycles. The van der Waals surface area contributed by atoms with Crippen molar-refractivity contribution in [1.82, 2.24) is 0 Å². The molecule has 1 aromatic carbocycles. The van der Waals surface area contributed by atoms with Gasteiger partial charge in [-0.2, -0.15) is 0 Å². The molecule has 0 unspecified atom stereocenters. The maximum absolute atomic E-state index is 10.6. The van der Waals surface area contributed by atoms with Gasteiger partial charge in [-0.15, -0.1) is 0 Å². The number of halogens is 1. The van der Waals surface area contributed by atoms with Crippen LogP contribution in [0.15, 0.2) is 12.1 Å². The highest BCUT2D eigenvalue weighted by atomic mass is 35.5. The molecule has 0 heterocycles. The molecule has 2 nitrogen and oxygen atoms in total. The first-order valence-corrected chi connectivity index (χ1v) is 3.29. The molecule has 0 amide bonds. The zero-order valence-electron chi connectivity index (χ0n) is 5.85. The fourth-order valence-electron chi connectivity index (χ4n) is 0.629. The lowest BCUT2D eigenvalue weighted by atomic mass is 10.3. The molecule has 0 aliphatic carbocycles. The van der Waals surface area contributed by atoms with Crippen LogP contribution in [0.3, 0.4) is 0 Å². The minimum absolute atomic E-state index is 0.269. The van der Waals surface area contributed by atoms with Gasteiger partial charge in [-0.3, -0.25) is 4.79 Å². The molecule has 1 aromatic rings. The summed E-state index contributed by atoms with van der Waals surface area (Å²) in [5.74, 6) is 0.549. The first-order chi connectivity index (χ1) is 5.24. The third-order valence-corrected chi connectivity index (χ3v) is 1.36. The molecule has 0 N–H and O–H groups in total. The summed E-state index contributed by atoms with van der Waals surface area (Å²) >= 11 is 5.19. The molecule has 3 heteroatoms. The Hall–Kier alpha value is -1.20. The van der Waals surface area contributed by atoms with E-state index < -0.39 is 5.24 Å². The summed E-state index contributed by atoms with van der Waals surface area (Å²) in [6.45, 7) is 0. The molecule has 0 aliphatic rings. The molecule has 11 heavy (non-hydrogen) atoms. The van der Waals surface area contributed by atoms with Gasteiger partial charge in [-0.05, 0) is 11.6 Å². The van der Waals surface area contributed by atoms with Crippen LogP contribution in [0.5, 0.6) is 5.75 Å². The van der Waals surface area contributed by atoms with E-state index in [9.17, 15) is 4.79 Å². The highest BCUT2D eigenvalue weighted by Gasteiger charge is 2.00. The van der Waals surface area contributed by atoms with Crippen LogP contribution < -0.4 is 4.74 Å². The molecule has 0 saturated carbocycles. The largest absolute Gasteiger partial charge is 0.496 e. The number of carbonyl (C=O) groups excluding carboxylic acids is 1. The van der Waals surface area contributed by atoms with Crippen molar-refractivity contribution >= 4 is 16.8 Å². The highest BCUT2D eigenvalue weighted by molar-refractivity contribution is 6.67. The average molecular weight is 169 g/mol. The van der Waals surface area contributed by atoms with Gasteiger partial charge in [0.15, 0.2) is 0 Å². The zero-order chi connectivity index (χ0) is 8.27. The van der Waals surface area contributed by atoms with Gasteiger partial charge in [0.2, 0.25) is 0 Å². The average Bonchev–Trinajstić information content (AvgIpc) is 2.05. The van der Waals surface area contributed by atoms with Crippen molar-refractivity contribution in [2.75, 3.05) is 7.11 Å². The SMILES string of the molecule is COc1cc#cc(C(=O)Cl)c1. The van der Waals surface area contributed by atoms with E-state index in [0.717, 1.165) is 0 Å². The van der Waals surface area contributed by atoms with Gasteiger partial charge < -0.3 is 4.74 Å². The Morgan fingerprint density at radius 1 is 1.73 bits per heavy atom. The molecule has 0 atom stereocenters. The fourth-order valence-corrected chi connectivity index (χ4v) is 0.731. The van der Waals surface area contributed by atoms with Gasteiger partial charge in [0.05, 0.1) is 12.7 Å². The molecule has 1 rings (SSSR count). The van der Waals surface area contributed by atoms with Crippen LogP contribution in [0.4, 0.5) is 0 Å². The number of ether oxygens (including phenoxy) is 1. The number of rotatable bonds is 2. The fraction of sp³-hybridized carbons (Fsp3) is 0.125. The molecule has 0 spiro atoms. The molecule has 0 bridgehead atoms. The number of methoxy groups -OCH3 is 1. The molecule has 0 aliphatic heterocycles. The van der Waals surface area contributed by atoms with Crippen LogP contribution in [0.25, 0.3) is 0 Å². The topological polar surface area (TPSA) is 26.3 Å². The monoisotopic (exact) mass is 168 g/mol. The second-order valence-corrected chi connectivity index (χ2v) is 2.20. The Bertz CT molecular complexity index is 271. The Kier molecular flexibility index (Phi) is 2.35. The highest BCUT2D eigenvalue weighted by Crippen LogP contribution is 2.10. The van der Waals surface area contributed by atoms with Crippen LogP contribution in [-0.2, 0) is 0 Å². The lowest BCUT2D eigenvalue weighted by Gasteiger charge is -1.95. The number of carbonyl (C=O) groups is 1. The van der Waals surface area contributed by atoms with Crippen molar-refractivity contribution in [3.05, 3.63) is 29.8 Å². The van der Waals surface area contributed by atoms with Gasteiger partial charge >= 0.3 is 0 Å². The van der Waals surface area contributed by atoms with E-state index in [0.29, 0.717) is 5.75 Å². The van der Waals surface area contributed by atoms with Crippen molar-refractivity contribution in [2.45, 2.75) is 0 Å². The molecule has 56 valence electrons. The van der Waals surface area contributed by atoms with E-state index in [1.165, 1.54) is 13.2 Å². The Morgan fingerprint density at radius 3 is 3.00 bits per heavy atom. The van der Waals surface area contributed by atoms with Gasteiger partial charge in [-0.1, -0.05) is 12.1 Å². The number of hydrogen-bond donors (Lipinski definition) is 0. The first-order valence-electron chi connectivity index (χ1n) is 2.91. The zero-order valence-corrected chi connectivity index (χ0v) is 6.61. The van der Waals surface area contributed by atoms with E-state index in [2.05, 4.69) is 12.1 Å². The standard InChI is InChI=1S/C8H5ClO2/c1-11-7-4-2-3-6(5-7)8(9)10/h4-5H,1H3. The summed E-state index contributed by atoms with van der Waals surface area (Å²) in [5.41, 5.74) is 0.269. The van der Waals surface area contributed by atoms with E-state index >= 15 is 0 Å². The Labute approximate surface area is 69.7 Å². The van der Waals surface area contributed by atoms with Crippen LogP contribution in [0, 0.1) is 12.1 Å². The number of hydrogen-bond acceptors (Lipinski definition) is 2. The van der Waals surface area contributed by atoms with Gasteiger partial charge in [0, 0.05) is 12.1 Å². The molecular formula is C8H5ClO2. The minimum Gasteiger partial charge on any atom is -0.496 e. The predicted octanol–water partition coefficient (Wildman–Crippen LogP) is 1.67. The van der Waals surface area contributed by atoms with Gasteiger partial charge in [0.25, 0.3) is 5.24 Å². The third kappa shape index (κ3) is 1.86. The Balaban J connectivity index is 3.01. The van der Waals surface area contributed by atoms with E-state index in [-0.39, 0.29) is 5.56 Å². The lowest BCUT2D eigenvalue weighted by Crippen LogP contribution is -1.88. The van der Waals surface area contributed by atoms with E-state index in [4.69, 9.17) is 16.3 Å². The molecule has 0 saturated heterocycles. The lowest BCUT2D eigenvalue weighted by molar-refractivity contribution is 0.108. The maximum Gasteiger partial charge on any atom is 0.260 e. The summed E-state index contributed by atoms with van der Waals surface area (Å²) in [5, 5.41) is -0.555. The first kappa shape index (κ1) is 7.90. The minimum atomic E-state index is -0.555. The summed E-state index contributed by atoms with van der Waals surface area (Å²) < 4.78 is 4.84. The maximum atomic E-state index is 10.6. The van der Waals surface area contributed by atoms with E-state index in [1.54, 1.807) is 6.07 Å². The summed E-state index contributed by atoms with van der Waals surface area (Å²) in [6.07, 6.45) is 0. The molecule has 0 radical (unpaired) electrons. The van der Waals surface area contributed by atoms with Gasteiger partial charge in [-0.25, -0.2) is 0 Å². The van der Waals surface area contributed by atoms with Crippen molar-refractivity contribution in [1.29, 1.82) is 0 Å². The second-order valence-electron chi connectivity index (χ2n) is 1.85. The predicted molar refractivity (Wildman–Crippen MR) is 40.8 cm³/mol. The smallest absolute Gasteiger partial charge is 0.260 e. The van der Waals surface area contributed by atoms with Crippen molar-refractivity contribution in [2.24, 2.45) is 0 Å². The normalized spacial score (nSPS) is 8.55. The molecular weight excluding hydrogens is 164 g/mol. The van der Waals surface area contributed by atoms with Crippen LogP contribution in [0.2, 0.25) is 0 Å². The quantitative estimate of drug-likeness (QED) is 0.628.